The van der Waals surface area contributed by atoms with Gasteiger partial charge in [-0.3, -0.25) is 4.79 Å². The Morgan fingerprint density at radius 2 is 2.05 bits per heavy atom. The van der Waals surface area contributed by atoms with Gasteiger partial charge < -0.3 is 4.74 Å². The van der Waals surface area contributed by atoms with Crippen LogP contribution in [-0.4, -0.2) is 23.0 Å². The summed E-state index contributed by atoms with van der Waals surface area (Å²) in [7, 11) is 1.31. The number of thiophene rings is 1. The van der Waals surface area contributed by atoms with Gasteiger partial charge in [-0.1, -0.05) is 23.7 Å². The number of benzene rings is 1. The number of fused-ring (bicyclic) bond motifs is 1. The first-order chi connectivity index (χ1) is 10.6. The van der Waals surface area contributed by atoms with E-state index in [1.165, 1.54) is 30.6 Å². The van der Waals surface area contributed by atoms with E-state index in [-0.39, 0.29) is 17.4 Å². The molecule has 0 fully saturated rings. The molecule has 0 aliphatic carbocycles. The number of carbonyl (C=O) groups excluding carboxylic acids is 1. The van der Waals surface area contributed by atoms with Gasteiger partial charge in [0.05, 0.1) is 12.5 Å². The van der Waals surface area contributed by atoms with E-state index in [9.17, 15) is 9.18 Å². The van der Waals surface area contributed by atoms with E-state index < -0.39 is 5.97 Å². The van der Waals surface area contributed by atoms with Gasteiger partial charge in [0.25, 0.3) is 0 Å². The molecule has 2 aromatic heterocycles. The lowest BCUT2D eigenvalue weighted by Gasteiger charge is -2.03. The number of carbonyl (C=O) groups is 1. The third-order valence-corrected chi connectivity index (χ3v) is 4.27. The number of ether oxygens (including phenoxy) is 1. The van der Waals surface area contributed by atoms with Crippen molar-refractivity contribution < 1.29 is 13.9 Å². The van der Waals surface area contributed by atoms with E-state index in [2.05, 4.69) is 14.7 Å². The Hall–Kier alpha value is -2.05. The Kier molecular flexibility index (Phi) is 4.04. The van der Waals surface area contributed by atoms with Crippen molar-refractivity contribution in [3.05, 3.63) is 46.4 Å². The van der Waals surface area contributed by atoms with Crippen LogP contribution in [0.25, 0.3) is 21.3 Å². The fourth-order valence-corrected chi connectivity index (χ4v) is 3.37. The maximum absolute atomic E-state index is 13.0. The molecule has 0 saturated heterocycles. The number of nitrogens with zero attached hydrogens (tertiary/aromatic N) is 2. The van der Waals surface area contributed by atoms with Crippen LogP contribution in [0.2, 0.25) is 5.15 Å². The Morgan fingerprint density at radius 1 is 1.32 bits per heavy atom. The quantitative estimate of drug-likeness (QED) is 0.538. The van der Waals surface area contributed by atoms with E-state index >= 15 is 0 Å². The Bertz CT molecular complexity index is 849. The standard InChI is InChI=1S/C15H10ClFN2O2S/c1-21-12(20)6-11-18-14(16)13-10(7-22-15(13)19-11)8-2-4-9(17)5-3-8/h2-5,7H,6H2,1H3. The molecule has 0 atom stereocenters. The molecule has 0 aliphatic heterocycles. The van der Waals surface area contributed by atoms with Gasteiger partial charge >= 0.3 is 5.97 Å². The lowest BCUT2D eigenvalue weighted by molar-refractivity contribution is -0.139. The molecule has 3 aromatic rings. The predicted octanol–water partition coefficient (Wildman–Crippen LogP) is 3.87. The second-order valence-electron chi connectivity index (χ2n) is 4.52. The van der Waals surface area contributed by atoms with Crippen LogP contribution in [0.3, 0.4) is 0 Å². The van der Waals surface area contributed by atoms with Crippen molar-refractivity contribution in [2.24, 2.45) is 0 Å². The van der Waals surface area contributed by atoms with Crippen LogP contribution in [0.5, 0.6) is 0 Å². The normalized spacial score (nSPS) is 10.9. The molecule has 112 valence electrons. The summed E-state index contributed by atoms with van der Waals surface area (Å²) in [6.45, 7) is 0. The number of methoxy groups -OCH3 is 1. The number of hydrogen-bond donors (Lipinski definition) is 0. The van der Waals surface area contributed by atoms with Gasteiger partial charge in [-0.25, -0.2) is 14.4 Å². The second-order valence-corrected chi connectivity index (χ2v) is 5.74. The number of rotatable bonds is 3. The van der Waals surface area contributed by atoms with E-state index in [0.29, 0.717) is 16.0 Å². The summed E-state index contributed by atoms with van der Waals surface area (Å²) in [5.74, 6) is -0.409. The van der Waals surface area contributed by atoms with Crippen LogP contribution in [0.4, 0.5) is 4.39 Å². The van der Waals surface area contributed by atoms with Crippen molar-refractivity contribution in [2.45, 2.75) is 6.42 Å². The van der Waals surface area contributed by atoms with E-state index in [0.717, 1.165) is 11.1 Å². The summed E-state index contributed by atoms with van der Waals surface area (Å²) >= 11 is 7.64. The van der Waals surface area contributed by atoms with Gasteiger partial charge in [0.2, 0.25) is 0 Å². The molecule has 2 heterocycles. The Morgan fingerprint density at radius 3 is 2.73 bits per heavy atom. The molecule has 4 nitrogen and oxygen atoms in total. The first-order valence-corrected chi connectivity index (χ1v) is 7.60. The zero-order chi connectivity index (χ0) is 15.7. The monoisotopic (exact) mass is 336 g/mol. The lowest BCUT2D eigenvalue weighted by atomic mass is 10.1. The van der Waals surface area contributed by atoms with E-state index in [4.69, 9.17) is 11.6 Å². The molecule has 0 saturated carbocycles. The fourth-order valence-electron chi connectivity index (χ4n) is 2.06. The Labute approximate surface area is 134 Å². The topological polar surface area (TPSA) is 52.1 Å². The van der Waals surface area contributed by atoms with Crippen molar-refractivity contribution >= 4 is 39.1 Å². The summed E-state index contributed by atoms with van der Waals surface area (Å²) in [6.07, 6.45) is -0.0318. The molecule has 0 amide bonds. The lowest BCUT2D eigenvalue weighted by Crippen LogP contribution is -2.08. The van der Waals surface area contributed by atoms with Crippen molar-refractivity contribution in [1.29, 1.82) is 0 Å². The van der Waals surface area contributed by atoms with Gasteiger partial charge in [0.1, 0.15) is 28.0 Å². The first kappa shape index (κ1) is 14.9. The zero-order valence-electron chi connectivity index (χ0n) is 11.5. The van der Waals surface area contributed by atoms with Crippen LogP contribution in [-0.2, 0) is 16.0 Å². The SMILES string of the molecule is COC(=O)Cc1nc(Cl)c2c(-c3ccc(F)cc3)csc2n1. The number of esters is 1. The number of halogens is 2. The van der Waals surface area contributed by atoms with Gasteiger partial charge in [-0.15, -0.1) is 11.3 Å². The third kappa shape index (κ3) is 2.80. The molecule has 0 spiro atoms. The minimum Gasteiger partial charge on any atom is -0.469 e. The van der Waals surface area contributed by atoms with Crippen molar-refractivity contribution in [3.8, 4) is 11.1 Å². The van der Waals surface area contributed by atoms with Gasteiger partial charge in [0, 0.05) is 10.9 Å². The van der Waals surface area contributed by atoms with Crippen molar-refractivity contribution in [3.63, 3.8) is 0 Å². The van der Waals surface area contributed by atoms with Crippen LogP contribution in [0.15, 0.2) is 29.6 Å². The van der Waals surface area contributed by atoms with Gasteiger partial charge in [-0.2, -0.15) is 0 Å². The highest BCUT2D eigenvalue weighted by Gasteiger charge is 2.15. The van der Waals surface area contributed by atoms with Gasteiger partial charge in [0.15, 0.2) is 0 Å². The molecule has 0 unspecified atom stereocenters. The average molecular weight is 337 g/mol. The maximum Gasteiger partial charge on any atom is 0.313 e. The summed E-state index contributed by atoms with van der Waals surface area (Å²) < 4.78 is 17.6. The maximum atomic E-state index is 13.0. The summed E-state index contributed by atoms with van der Waals surface area (Å²) in [4.78, 5) is 20.5. The predicted molar refractivity (Wildman–Crippen MR) is 83.5 cm³/mol. The minimum absolute atomic E-state index is 0.0318. The molecule has 0 aliphatic rings. The zero-order valence-corrected chi connectivity index (χ0v) is 13.0. The molecular weight excluding hydrogens is 327 g/mol. The molecule has 3 rings (SSSR count). The van der Waals surface area contributed by atoms with Crippen LogP contribution >= 0.6 is 22.9 Å². The average Bonchev–Trinajstić information content (AvgIpc) is 2.92. The molecule has 0 bridgehead atoms. The minimum atomic E-state index is -0.425. The number of hydrogen-bond acceptors (Lipinski definition) is 5. The fraction of sp³-hybridized carbons (Fsp3) is 0.133. The highest BCUT2D eigenvalue weighted by molar-refractivity contribution is 7.17. The summed E-state index contributed by atoms with van der Waals surface area (Å²) in [5.41, 5.74) is 1.67. The summed E-state index contributed by atoms with van der Waals surface area (Å²) in [6, 6.07) is 6.13. The Balaban J connectivity index is 2.08. The third-order valence-electron chi connectivity index (χ3n) is 3.12. The van der Waals surface area contributed by atoms with Crippen LogP contribution in [0.1, 0.15) is 5.82 Å². The molecule has 7 heteroatoms. The molecule has 22 heavy (non-hydrogen) atoms. The van der Waals surface area contributed by atoms with Crippen LogP contribution < -0.4 is 0 Å². The van der Waals surface area contributed by atoms with Crippen molar-refractivity contribution in [2.75, 3.05) is 7.11 Å². The second kappa shape index (κ2) is 5.98. The molecule has 0 N–H and O–H groups in total. The number of aromatic nitrogens is 2. The van der Waals surface area contributed by atoms with Crippen molar-refractivity contribution in [1.82, 2.24) is 9.97 Å². The van der Waals surface area contributed by atoms with E-state index in [1.54, 1.807) is 12.1 Å². The molecule has 1 aromatic carbocycles. The smallest absolute Gasteiger partial charge is 0.313 e. The summed E-state index contributed by atoms with van der Waals surface area (Å²) in [5, 5.41) is 2.86. The van der Waals surface area contributed by atoms with Crippen LogP contribution in [0, 0.1) is 5.82 Å². The largest absolute Gasteiger partial charge is 0.469 e. The highest BCUT2D eigenvalue weighted by Crippen LogP contribution is 2.36. The molecular formula is C15H10ClFN2O2S. The van der Waals surface area contributed by atoms with Gasteiger partial charge in [-0.05, 0) is 17.7 Å². The first-order valence-electron chi connectivity index (χ1n) is 6.35. The van der Waals surface area contributed by atoms with E-state index in [1.807, 2.05) is 5.38 Å². The molecule has 0 radical (unpaired) electrons. The highest BCUT2D eigenvalue weighted by atomic mass is 35.5.